The molecule has 0 spiro atoms. The highest BCUT2D eigenvalue weighted by Crippen LogP contribution is 2.33. The number of aliphatic hydroxyl groups excluding tert-OH is 1. The Hall–Kier alpha value is -0.470. The van der Waals surface area contributed by atoms with E-state index in [1.165, 1.54) is 0 Å². The first kappa shape index (κ1) is 18.5. The van der Waals surface area contributed by atoms with Crippen molar-refractivity contribution in [3.05, 3.63) is 0 Å². The van der Waals surface area contributed by atoms with Gasteiger partial charge in [0.2, 0.25) is 0 Å². The van der Waals surface area contributed by atoms with Crippen molar-refractivity contribution < 1.29 is 36.9 Å². The zero-order valence-corrected chi connectivity index (χ0v) is 10.6. The summed E-state index contributed by atoms with van der Waals surface area (Å²) >= 11 is 0. The van der Waals surface area contributed by atoms with Crippen LogP contribution in [0.5, 0.6) is 0 Å². The van der Waals surface area contributed by atoms with Gasteiger partial charge in [-0.25, -0.2) is 8.78 Å². The Morgan fingerprint density at radius 2 is 1.63 bits per heavy atom. The van der Waals surface area contributed by atoms with Crippen LogP contribution in [0.1, 0.15) is 32.6 Å². The molecule has 0 amide bonds. The van der Waals surface area contributed by atoms with Gasteiger partial charge in [0.15, 0.2) is 0 Å². The first-order valence-electron chi connectivity index (χ1n) is 5.89. The van der Waals surface area contributed by atoms with Crippen molar-refractivity contribution in [2.24, 2.45) is 0 Å². The standard InChI is InChI=1S/C11H19F5O3/c1-2-3-9(18,7-17)8-19-5-4-10(12,13)6-11(14,15)16/h17-18H,2-8H2,1H3. The van der Waals surface area contributed by atoms with Crippen LogP contribution in [0, 0.1) is 0 Å². The largest absolute Gasteiger partial charge is 0.394 e. The van der Waals surface area contributed by atoms with Gasteiger partial charge in [-0.15, -0.1) is 0 Å². The number of aliphatic hydroxyl groups is 2. The van der Waals surface area contributed by atoms with E-state index in [9.17, 15) is 27.1 Å². The number of halogens is 5. The minimum absolute atomic E-state index is 0.211. The van der Waals surface area contributed by atoms with E-state index in [4.69, 9.17) is 9.84 Å². The first-order valence-corrected chi connectivity index (χ1v) is 5.89. The van der Waals surface area contributed by atoms with E-state index in [1.807, 2.05) is 0 Å². The third-order valence-electron chi connectivity index (χ3n) is 2.45. The molecule has 0 saturated heterocycles. The number of hydrogen-bond donors (Lipinski definition) is 2. The van der Waals surface area contributed by atoms with Gasteiger partial charge in [-0.1, -0.05) is 13.3 Å². The van der Waals surface area contributed by atoms with Crippen LogP contribution in [-0.2, 0) is 4.74 Å². The molecule has 0 aliphatic heterocycles. The molecule has 1 atom stereocenters. The molecule has 1 unspecified atom stereocenters. The lowest BCUT2D eigenvalue weighted by atomic mass is 10.0. The normalized spacial score (nSPS) is 16.4. The maximum absolute atomic E-state index is 12.9. The lowest BCUT2D eigenvalue weighted by molar-refractivity contribution is -0.193. The third kappa shape index (κ3) is 9.12. The zero-order valence-electron chi connectivity index (χ0n) is 10.6. The molecule has 0 aliphatic carbocycles. The highest BCUT2D eigenvalue weighted by Gasteiger charge is 2.43. The zero-order chi connectivity index (χ0) is 15.2. The summed E-state index contributed by atoms with van der Waals surface area (Å²) in [6.45, 7) is 0.145. The second kappa shape index (κ2) is 7.35. The quantitative estimate of drug-likeness (QED) is 0.507. The Balaban J connectivity index is 4.02. The molecule has 0 aromatic carbocycles. The summed E-state index contributed by atoms with van der Waals surface area (Å²) in [4.78, 5) is 0. The van der Waals surface area contributed by atoms with Crippen LogP contribution in [0.2, 0.25) is 0 Å². The van der Waals surface area contributed by atoms with Crippen LogP contribution in [0.4, 0.5) is 22.0 Å². The summed E-state index contributed by atoms with van der Waals surface area (Å²) in [6, 6.07) is 0. The van der Waals surface area contributed by atoms with Crippen LogP contribution in [0.15, 0.2) is 0 Å². The van der Waals surface area contributed by atoms with Gasteiger partial charge in [0.1, 0.15) is 12.0 Å². The van der Waals surface area contributed by atoms with Crippen molar-refractivity contribution in [3.63, 3.8) is 0 Å². The molecule has 0 rings (SSSR count). The summed E-state index contributed by atoms with van der Waals surface area (Å²) in [5.74, 6) is -3.89. The van der Waals surface area contributed by atoms with Crippen molar-refractivity contribution in [1.82, 2.24) is 0 Å². The lowest BCUT2D eigenvalue weighted by Crippen LogP contribution is -2.39. The minimum atomic E-state index is -4.93. The van der Waals surface area contributed by atoms with E-state index in [0.717, 1.165) is 0 Å². The molecule has 0 radical (unpaired) electrons. The van der Waals surface area contributed by atoms with Crippen LogP contribution >= 0.6 is 0 Å². The third-order valence-corrected chi connectivity index (χ3v) is 2.45. The van der Waals surface area contributed by atoms with Gasteiger partial charge in [0.25, 0.3) is 5.92 Å². The van der Waals surface area contributed by atoms with Gasteiger partial charge < -0.3 is 14.9 Å². The van der Waals surface area contributed by atoms with Crippen LogP contribution in [-0.4, -0.2) is 47.7 Å². The average molecular weight is 294 g/mol. The van der Waals surface area contributed by atoms with Crippen molar-refractivity contribution in [2.75, 3.05) is 19.8 Å². The molecule has 116 valence electrons. The van der Waals surface area contributed by atoms with Gasteiger partial charge in [-0.05, 0) is 6.42 Å². The second-order valence-electron chi connectivity index (χ2n) is 4.58. The second-order valence-corrected chi connectivity index (χ2v) is 4.58. The Morgan fingerprint density at radius 3 is 2.05 bits per heavy atom. The fraction of sp³-hybridized carbons (Fsp3) is 1.00. The van der Waals surface area contributed by atoms with Crippen molar-refractivity contribution in [3.8, 4) is 0 Å². The molecular weight excluding hydrogens is 275 g/mol. The van der Waals surface area contributed by atoms with E-state index in [1.54, 1.807) is 6.92 Å². The number of alkyl halides is 5. The predicted octanol–water partition coefficient (Wildman–Crippen LogP) is 2.50. The topological polar surface area (TPSA) is 49.7 Å². The van der Waals surface area contributed by atoms with Gasteiger partial charge in [0.05, 0.1) is 19.8 Å². The lowest BCUT2D eigenvalue weighted by Gasteiger charge is -2.25. The Bertz CT molecular complexity index is 257. The number of rotatable bonds is 9. The maximum Gasteiger partial charge on any atom is 0.394 e. The van der Waals surface area contributed by atoms with Gasteiger partial charge in [-0.2, -0.15) is 13.2 Å². The van der Waals surface area contributed by atoms with Crippen molar-refractivity contribution in [2.45, 2.75) is 50.3 Å². The van der Waals surface area contributed by atoms with E-state index >= 15 is 0 Å². The van der Waals surface area contributed by atoms with Crippen molar-refractivity contribution >= 4 is 0 Å². The molecule has 0 heterocycles. The molecule has 0 fully saturated rings. The highest BCUT2D eigenvalue weighted by molar-refractivity contribution is 4.77. The monoisotopic (exact) mass is 294 g/mol. The summed E-state index contributed by atoms with van der Waals surface area (Å²) in [6.07, 6.45) is -7.45. The Kier molecular flexibility index (Phi) is 7.17. The van der Waals surface area contributed by atoms with E-state index in [-0.39, 0.29) is 13.0 Å². The van der Waals surface area contributed by atoms with E-state index in [2.05, 4.69) is 0 Å². The fourth-order valence-corrected chi connectivity index (χ4v) is 1.53. The predicted molar refractivity (Wildman–Crippen MR) is 58.0 cm³/mol. The number of hydrogen-bond acceptors (Lipinski definition) is 3. The fourth-order valence-electron chi connectivity index (χ4n) is 1.53. The van der Waals surface area contributed by atoms with Gasteiger partial charge >= 0.3 is 6.18 Å². The molecule has 0 aromatic rings. The summed E-state index contributed by atoms with van der Waals surface area (Å²) < 4.78 is 65.9. The van der Waals surface area contributed by atoms with E-state index in [0.29, 0.717) is 6.42 Å². The molecule has 0 aromatic heterocycles. The van der Waals surface area contributed by atoms with Crippen LogP contribution in [0.25, 0.3) is 0 Å². The first-order chi connectivity index (χ1) is 8.54. The van der Waals surface area contributed by atoms with Gasteiger partial charge in [-0.3, -0.25) is 0 Å². The molecule has 2 N–H and O–H groups in total. The average Bonchev–Trinajstić information content (AvgIpc) is 2.22. The summed E-state index contributed by atoms with van der Waals surface area (Å²) in [5.41, 5.74) is -1.53. The molecule has 8 heteroatoms. The number of ether oxygens (including phenoxy) is 1. The van der Waals surface area contributed by atoms with Gasteiger partial charge in [0, 0.05) is 6.42 Å². The summed E-state index contributed by atoms with van der Waals surface area (Å²) in [5, 5.41) is 18.6. The summed E-state index contributed by atoms with van der Waals surface area (Å²) in [7, 11) is 0. The Labute approximate surface area is 108 Å². The SMILES string of the molecule is CCCC(O)(CO)COCCC(F)(F)CC(F)(F)F. The molecule has 0 bridgehead atoms. The highest BCUT2D eigenvalue weighted by atomic mass is 19.4. The molecular formula is C11H19F5O3. The Morgan fingerprint density at radius 1 is 1.05 bits per heavy atom. The van der Waals surface area contributed by atoms with Crippen LogP contribution < -0.4 is 0 Å². The van der Waals surface area contributed by atoms with Crippen LogP contribution in [0.3, 0.4) is 0 Å². The molecule has 0 aliphatic rings. The smallest absolute Gasteiger partial charge is 0.393 e. The minimum Gasteiger partial charge on any atom is -0.393 e. The molecule has 3 nitrogen and oxygen atoms in total. The van der Waals surface area contributed by atoms with Crippen molar-refractivity contribution in [1.29, 1.82) is 0 Å². The molecule has 0 saturated carbocycles. The maximum atomic E-state index is 12.9. The van der Waals surface area contributed by atoms with E-state index < -0.39 is 43.8 Å². The molecule has 19 heavy (non-hydrogen) atoms.